The molecule has 0 N–H and O–H groups in total. The van der Waals surface area contributed by atoms with Crippen molar-refractivity contribution in [1.82, 2.24) is 0 Å². The van der Waals surface area contributed by atoms with Crippen molar-refractivity contribution in [3.05, 3.63) is 11.5 Å². The van der Waals surface area contributed by atoms with Crippen molar-refractivity contribution >= 4 is 15.4 Å². The van der Waals surface area contributed by atoms with Gasteiger partial charge in [-0.2, -0.15) is 0 Å². The van der Waals surface area contributed by atoms with Gasteiger partial charge in [-0.25, -0.2) is 0 Å². The SMILES string of the molecule is CC1(C)OB(C2=CCC(O[Si](C)(C)C(C)(C)C)C3(CCCC3)C2)OC1(C)C. The highest BCUT2D eigenvalue weighted by Gasteiger charge is 2.55. The van der Waals surface area contributed by atoms with Gasteiger partial charge in [0.2, 0.25) is 0 Å². The van der Waals surface area contributed by atoms with Crippen molar-refractivity contribution < 1.29 is 13.7 Å². The zero-order valence-electron chi connectivity index (χ0n) is 19.2. The van der Waals surface area contributed by atoms with E-state index in [1.165, 1.54) is 31.2 Å². The van der Waals surface area contributed by atoms with Crippen LogP contribution in [0.4, 0.5) is 0 Å². The Labute approximate surface area is 168 Å². The Bertz CT molecular complexity index is 581. The summed E-state index contributed by atoms with van der Waals surface area (Å²) in [6.07, 6.45) is 10.0. The van der Waals surface area contributed by atoms with E-state index in [4.69, 9.17) is 13.7 Å². The minimum atomic E-state index is -1.78. The van der Waals surface area contributed by atoms with Crippen LogP contribution in [0.5, 0.6) is 0 Å². The second kappa shape index (κ2) is 6.72. The monoisotopic (exact) mass is 392 g/mol. The van der Waals surface area contributed by atoms with Gasteiger partial charge in [-0.05, 0) is 82.4 Å². The first-order valence-electron chi connectivity index (χ1n) is 10.9. The number of hydrogen-bond acceptors (Lipinski definition) is 3. The smallest absolute Gasteiger partial charge is 0.413 e. The van der Waals surface area contributed by atoms with E-state index in [0.29, 0.717) is 6.10 Å². The molecule has 1 atom stereocenters. The molecule has 3 aliphatic rings. The molecule has 0 radical (unpaired) electrons. The molecule has 0 aromatic rings. The predicted octanol–water partition coefficient (Wildman–Crippen LogP) is 6.29. The summed E-state index contributed by atoms with van der Waals surface area (Å²) in [5.74, 6) is 0. The minimum absolute atomic E-state index is 0.193. The third-order valence-corrected chi connectivity index (χ3v) is 12.7. The van der Waals surface area contributed by atoms with E-state index in [0.717, 1.165) is 12.8 Å². The highest BCUT2D eigenvalue weighted by atomic mass is 28.4. The molecule has 5 heteroatoms. The molecule has 1 spiro atoms. The van der Waals surface area contributed by atoms with Gasteiger partial charge in [0.1, 0.15) is 0 Å². The van der Waals surface area contributed by atoms with Gasteiger partial charge in [-0.15, -0.1) is 0 Å². The van der Waals surface area contributed by atoms with Crippen LogP contribution in [0.15, 0.2) is 11.5 Å². The van der Waals surface area contributed by atoms with Crippen LogP contribution in [0.2, 0.25) is 18.1 Å². The normalized spacial score (nSPS) is 30.0. The van der Waals surface area contributed by atoms with Crippen LogP contribution < -0.4 is 0 Å². The van der Waals surface area contributed by atoms with Gasteiger partial charge < -0.3 is 13.7 Å². The molecule has 3 rings (SSSR count). The summed E-state index contributed by atoms with van der Waals surface area (Å²) in [6, 6.07) is 0. The highest BCUT2D eigenvalue weighted by Crippen LogP contribution is 2.54. The predicted molar refractivity (Wildman–Crippen MR) is 116 cm³/mol. The highest BCUT2D eigenvalue weighted by molar-refractivity contribution is 6.74. The van der Waals surface area contributed by atoms with E-state index in [1.54, 1.807) is 0 Å². The quantitative estimate of drug-likeness (QED) is 0.528. The largest absolute Gasteiger partial charge is 0.490 e. The Morgan fingerprint density at radius 3 is 2.04 bits per heavy atom. The number of hydrogen-bond donors (Lipinski definition) is 0. The molecule has 1 unspecified atom stereocenters. The van der Waals surface area contributed by atoms with Crippen LogP contribution in [0.25, 0.3) is 0 Å². The third kappa shape index (κ3) is 3.86. The molecule has 0 aromatic heterocycles. The zero-order chi connectivity index (χ0) is 20.3. The molecule has 2 aliphatic carbocycles. The van der Waals surface area contributed by atoms with E-state index in [2.05, 4.69) is 67.6 Å². The van der Waals surface area contributed by atoms with Crippen molar-refractivity contribution in [3.8, 4) is 0 Å². The molecule has 154 valence electrons. The summed E-state index contributed by atoms with van der Waals surface area (Å²) >= 11 is 0. The Morgan fingerprint density at radius 2 is 1.56 bits per heavy atom. The Kier molecular flexibility index (Phi) is 5.37. The van der Waals surface area contributed by atoms with Crippen molar-refractivity contribution in [2.24, 2.45) is 5.41 Å². The molecule has 0 amide bonds. The van der Waals surface area contributed by atoms with Crippen LogP contribution in [0.3, 0.4) is 0 Å². The van der Waals surface area contributed by atoms with E-state index in [1.807, 2.05) is 0 Å². The summed E-state index contributed by atoms with van der Waals surface area (Å²) in [6.45, 7) is 20.4. The van der Waals surface area contributed by atoms with Crippen LogP contribution in [-0.4, -0.2) is 32.7 Å². The first-order valence-corrected chi connectivity index (χ1v) is 13.8. The number of rotatable bonds is 3. The van der Waals surface area contributed by atoms with Crippen molar-refractivity contribution in [2.45, 2.75) is 122 Å². The van der Waals surface area contributed by atoms with Crippen molar-refractivity contribution in [3.63, 3.8) is 0 Å². The molecular weight excluding hydrogens is 351 g/mol. The maximum atomic E-state index is 6.99. The maximum Gasteiger partial charge on any atom is 0.490 e. The third-order valence-electron chi connectivity index (χ3n) is 8.23. The lowest BCUT2D eigenvalue weighted by Crippen LogP contribution is -2.50. The van der Waals surface area contributed by atoms with Gasteiger partial charge in [0, 0.05) is 0 Å². The summed E-state index contributed by atoms with van der Waals surface area (Å²) in [5.41, 5.74) is 1.10. The number of allylic oxidation sites excluding steroid dienone is 1. The van der Waals surface area contributed by atoms with E-state index in [-0.39, 0.29) is 28.8 Å². The van der Waals surface area contributed by atoms with Gasteiger partial charge in [0.15, 0.2) is 8.32 Å². The minimum Gasteiger partial charge on any atom is -0.413 e. The van der Waals surface area contributed by atoms with E-state index >= 15 is 0 Å². The molecule has 1 saturated heterocycles. The van der Waals surface area contributed by atoms with E-state index in [9.17, 15) is 0 Å². The average Bonchev–Trinajstić information content (AvgIpc) is 3.03. The Balaban J connectivity index is 1.82. The second-order valence-electron chi connectivity index (χ2n) is 11.7. The summed E-state index contributed by atoms with van der Waals surface area (Å²) < 4.78 is 19.7. The van der Waals surface area contributed by atoms with Gasteiger partial charge in [-0.3, -0.25) is 0 Å². The van der Waals surface area contributed by atoms with Crippen molar-refractivity contribution in [2.75, 3.05) is 0 Å². The Hall–Kier alpha value is -0.0982. The van der Waals surface area contributed by atoms with Gasteiger partial charge in [-0.1, -0.05) is 39.7 Å². The Morgan fingerprint density at radius 1 is 1.04 bits per heavy atom. The molecule has 0 bridgehead atoms. The van der Waals surface area contributed by atoms with Crippen LogP contribution >= 0.6 is 0 Å². The van der Waals surface area contributed by atoms with Crippen LogP contribution in [-0.2, 0) is 13.7 Å². The molecule has 0 aromatic carbocycles. The van der Waals surface area contributed by atoms with Crippen LogP contribution in [0, 0.1) is 5.41 Å². The lowest BCUT2D eigenvalue weighted by Gasteiger charge is -2.47. The maximum absolute atomic E-state index is 6.99. The van der Waals surface area contributed by atoms with Gasteiger partial charge in [0.05, 0.1) is 17.3 Å². The fourth-order valence-electron chi connectivity index (χ4n) is 4.56. The molecular formula is C22H41BO3Si. The van der Waals surface area contributed by atoms with Gasteiger partial charge in [0.25, 0.3) is 0 Å². The fraction of sp³-hybridized carbons (Fsp3) is 0.909. The lowest BCUT2D eigenvalue weighted by atomic mass is 9.61. The van der Waals surface area contributed by atoms with Crippen molar-refractivity contribution in [1.29, 1.82) is 0 Å². The fourth-order valence-corrected chi connectivity index (χ4v) is 5.97. The topological polar surface area (TPSA) is 27.7 Å². The summed E-state index contributed by atoms with van der Waals surface area (Å²) in [7, 11) is -1.97. The molecule has 27 heavy (non-hydrogen) atoms. The van der Waals surface area contributed by atoms with Gasteiger partial charge >= 0.3 is 7.12 Å². The summed E-state index contributed by atoms with van der Waals surface area (Å²) in [5, 5.41) is 0.252. The van der Waals surface area contributed by atoms with Crippen LogP contribution in [0.1, 0.15) is 87.0 Å². The molecule has 3 nitrogen and oxygen atoms in total. The molecule has 1 saturated carbocycles. The molecule has 1 aliphatic heterocycles. The average molecular weight is 392 g/mol. The molecule has 1 heterocycles. The second-order valence-corrected chi connectivity index (χ2v) is 16.5. The standard InChI is InChI=1S/C22H41BO3Si/c1-19(2,3)27(8,9)24-18-13-12-17(16-22(18)14-10-11-15-22)23-25-20(4,5)21(6,7)26-23/h12,18H,10-11,13-16H2,1-9H3. The summed E-state index contributed by atoms with van der Waals surface area (Å²) in [4.78, 5) is 0. The first kappa shape index (κ1) is 21.6. The molecule has 2 fully saturated rings. The first-order chi connectivity index (χ1) is 12.2. The van der Waals surface area contributed by atoms with E-state index < -0.39 is 8.32 Å². The lowest BCUT2D eigenvalue weighted by molar-refractivity contribution is 0.00578. The zero-order valence-corrected chi connectivity index (χ0v) is 20.2.